The lowest BCUT2D eigenvalue weighted by molar-refractivity contribution is -0.551. The van der Waals surface area contributed by atoms with Gasteiger partial charge in [0.05, 0.1) is 6.61 Å². The zero-order valence-corrected chi connectivity index (χ0v) is 15.2. The molecule has 1 atom stereocenters. The molecule has 0 aromatic heterocycles. The summed E-state index contributed by atoms with van der Waals surface area (Å²) in [6.45, 7) is 15.9. The van der Waals surface area contributed by atoms with Gasteiger partial charge in [-0.25, -0.2) is 4.79 Å². The molecule has 0 aromatic rings. The second-order valence-electron chi connectivity index (χ2n) is 6.50. The molecule has 0 radical (unpaired) electrons. The number of carbonyl (C=O) groups excluding carboxylic acids is 2. The molecule has 0 aliphatic rings. The number of ether oxygens (including phenoxy) is 1. The fourth-order valence-corrected chi connectivity index (χ4v) is 2.44. The van der Waals surface area contributed by atoms with E-state index in [1.165, 1.54) is 0 Å². The lowest BCUT2D eigenvalue weighted by atomic mass is 9.84. The molecule has 0 saturated carbocycles. The summed E-state index contributed by atoms with van der Waals surface area (Å²) >= 11 is 0. The zero-order valence-electron chi connectivity index (χ0n) is 15.2. The van der Waals surface area contributed by atoms with Gasteiger partial charge in [-0.2, -0.15) is 0 Å². The molecule has 1 N–H and O–H groups in total. The summed E-state index contributed by atoms with van der Waals surface area (Å²) in [7, 11) is 0. The van der Waals surface area contributed by atoms with Crippen molar-refractivity contribution < 1.29 is 19.2 Å². The fourth-order valence-electron chi connectivity index (χ4n) is 2.44. The van der Waals surface area contributed by atoms with Gasteiger partial charge in [0.25, 0.3) is 5.91 Å². The van der Waals surface area contributed by atoms with E-state index in [-0.39, 0.29) is 25.4 Å². The first-order chi connectivity index (χ1) is 11.0. The van der Waals surface area contributed by atoms with E-state index in [1.807, 2.05) is 0 Å². The van der Waals surface area contributed by atoms with Crippen molar-refractivity contribution in [3.8, 4) is 0 Å². The summed E-state index contributed by atoms with van der Waals surface area (Å²) < 4.78 is 4.94. The van der Waals surface area contributed by atoms with E-state index in [2.05, 4.69) is 18.5 Å². The predicted molar refractivity (Wildman–Crippen MR) is 92.0 cm³/mol. The Hall–Kier alpha value is -2.18. The van der Waals surface area contributed by atoms with Crippen LogP contribution in [0.2, 0.25) is 0 Å². The van der Waals surface area contributed by atoms with Gasteiger partial charge in [0.15, 0.2) is 0 Å². The minimum atomic E-state index is -1.93. The van der Waals surface area contributed by atoms with Crippen molar-refractivity contribution in [2.45, 2.75) is 59.0 Å². The van der Waals surface area contributed by atoms with Gasteiger partial charge in [0.2, 0.25) is 0 Å². The van der Waals surface area contributed by atoms with E-state index in [9.17, 15) is 19.7 Å². The largest absolute Gasteiger partial charge is 0.464 e. The first-order valence-corrected chi connectivity index (χ1v) is 7.88. The van der Waals surface area contributed by atoms with E-state index in [4.69, 9.17) is 4.74 Å². The molecule has 136 valence electrons. The molecule has 0 aliphatic heterocycles. The smallest absolute Gasteiger partial charge is 0.328 e. The third kappa shape index (κ3) is 5.79. The van der Waals surface area contributed by atoms with Crippen molar-refractivity contribution in [1.29, 1.82) is 0 Å². The normalized spacial score (nSPS) is 12.4. The number of rotatable bonds is 10. The quantitative estimate of drug-likeness (QED) is 0.285. The lowest BCUT2D eigenvalue weighted by Crippen LogP contribution is -2.58. The highest BCUT2D eigenvalue weighted by atomic mass is 16.6. The number of amides is 1. The first-order valence-electron chi connectivity index (χ1n) is 7.88. The molecule has 0 aliphatic carbocycles. The average Bonchev–Trinajstić information content (AvgIpc) is 2.41. The van der Waals surface area contributed by atoms with Gasteiger partial charge >= 0.3 is 11.5 Å². The highest BCUT2D eigenvalue weighted by molar-refractivity contribution is 5.90. The second-order valence-corrected chi connectivity index (χ2v) is 6.50. The number of carbonyl (C=O) groups is 2. The summed E-state index contributed by atoms with van der Waals surface area (Å²) in [6.07, 6.45) is -0.265. The van der Waals surface area contributed by atoms with Crippen molar-refractivity contribution in [2.24, 2.45) is 5.92 Å². The van der Waals surface area contributed by atoms with Crippen molar-refractivity contribution in [1.82, 2.24) is 5.32 Å². The highest BCUT2D eigenvalue weighted by Crippen LogP contribution is 2.28. The Kier molecular flexibility index (Phi) is 8.36. The number of esters is 1. The molecule has 0 fully saturated rings. The van der Waals surface area contributed by atoms with E-state index in [0.29, 0.717) is 11.1 Å². The molecule has 7 heteroatoms. The van der Waals surface area contributed by atoms with Crippen LogP contribution < -0.4 is 5.32 Å². The summed E-state index contributed by atoms with van der Waals surface area (Å²) in [5, 5.41) is 14.2. The Labute approximate surface area is 143 Å². The predicted octanol–water partition coefficient (Wildman–Crippen LogP) is 2.64. The number of nitro groups is 1. The van der Waals surface area contributed by atoms with Crippen LogP contribution in [0.4, 0.5) is 0 Å². The highest BCUT2D eigenvalue weighted by Gasteiger charge is 2.51. The van der Waals surface area contributed by atoms with Crippen LogP contribution in [0.3, 0.4) is 0 Å². The minimum Gasteiger partial charge on any atom is -0.464 e. The Morgan fingerprint density at radius 3 is 1.96 bits per heavy atom. The van der Waals surface area contributed by atoms with Gasteiger partial charge < -0.3 is 10.1 Å². The van der Waals surface area contributed by atoms with Crippen molar-refractivity contribution in [3.05, 3.63) is 34.4 Å². The Balaban J connectivity index is 5.71. The van der Waals surface area contributed by atoms with Crippen LogP contribution in [0.25, 0.3) is 0 Å². The van der Waals surface area contributed by atoms with Gasteiger partial charge in [0, 0.05) is 17.8 Å². The molecule has 0 spiro atoms. The molecule has 0 unspecified atom stereocenters. The topological polar surface area (TPSA) is 98.5 Å². The van der Waals surface area contributed by atoms with Crippen LogP contribution in [0.1, 0.15) is 47.5 Å². The molecular weight excluding hydrogens is 312 g/mol. The third-order valence-electron chi connectivity index (χ3n) is 3.45. The molecule has 0 heterocycles. The summed E-state index contributed by atoms with van der Waals surface area (Å²) in [5.74, 6) is -1.71. The van der Waals surface area contributed by atoms with Crippen molar-refractivity contribution in [2.75, 3.05) is 6.61 Å². The molecule has 1 amide bonds. The van der Waals surface area contributed by atoms with Gasteiger partial charge in [-0.1, -0.05) is 38.2 Å². The standard InChI is InChI=1S/C17H28N2O5/c1-8-24-15(20)14(13(6)7)18-16(21)17(19(22)23,9-11(2)3)10-12(4)5/h13-14H,2,4,8-10H2,1,3,5-7H3,(H,18,21)/t14-/m0/s1. The van der Waals surface area contributed by atoms with E-state index < -0.39 is 28.4 Å². The number of hydrogen-bond acceptors (Lipinski definition) is 5. The molecule has 0 bridgehead atoms. The van der Waals surface area contributed by atoms with Crippen LogP contribution in [0.5, 0.6) is 0 Å². The third-order valence-corrected chi connectivity index (χ3v) is 3.45. The molecule has 0 rings (SSSR count). The maximum Gasteiger partial charge on any atom is 0.328 e. The van der Waals surface area contributed by atoms with Gasteiger partial charge in [-0.05, 0) is 26.7 Å². The Bertz CT molecular complexity index is 509. The van der Waals surface area contributed by atoms with E-state index >= 15 is 0 Å². The zero-order chi connectivity index (χ0) is 19.1. The molecule has 7 nitrogen and oxygen atoms in total. The molecular formula is C17H28N2O5. The number of hydrogen-bond donors (Lipinski definition) is 1. The van der Waals surface area contributed by atoms with Crippen molar-refractivity contribution in [3.63, 3.8) is 0 Å². The maximum atomic E-state index is 12.8. The molecule has 24 heavy (non-hydrogen) atoms. The van der Waals surface area contributed by atoms with E-state index in [1.54, 1.807) is 34.6 Å². The van der Waals surface area contributed by atoms with Gasteiger partial charge in [0.1, 0.15) is 6.04 Å². The molecule has 0 saturated heterocycles. The number of nitrogens with zero attached hydrogens (tertiary/aromatic N) is 1. The maximum absolute atomic E-state index is 12.8. The summed E-state index contributed by atoms with van der Waals surface area (Å²) in [4.78, 5) is 35.9. The fraction of sp³-hybridized carbons (Fsp3) is 0.647. The summed E-state index contributed by atoms with van der Waals surface area (Å²) in [6, 6.07) is -0.952. The minimum absolute atomic E-state index is 0.133. The van der Waals surface area contributed by atoms with Crippen LogP contribution >= 0.6 is 0 Å². The van der Waals surface area contributed by atoms with Crippen LogP contribution in [-0.4, -0.2) is 35.0 Å². The van der Waals surface area contributed by atoms with Crippen LogP contribution in [0.15, 0.2) is 24.3 Å². The average molecular weight is 340 g/mol. The monoisotopic (exact) mass is 340 g/mol. The summed E-state index contributed by atoms with van der Waals surface area (Å²) in [5.41, 5.74) is -0.933. The first kappa shape index (κ1) is 21.8. The van der Waals surface area contributed by atoms with Crippen LogP contribution in [0, 0.1) is 16.0 Å². The van der Waals surface area contributed by atoms with Gasteiger partial charge in [-0.15, -0.1) is 0 Å². The Morgan fingerprint density at radius 2 is 1.67 bits per heavy atom. The van der Waals surface area contributed by atoms with Gasteiger partial charge in [-0.3, -0.25) is 14.9 Å². The number of nitrogens with one attached hydrogen (secondary N) is 1. The van der Waals surface area contributed by atoms with Crippen LogP contribution in [-0.2, 0) is 14.3 Å². The van der Waals surface area contributed by atoms with Crippen molar-refractivity contribution >= 4 is 11.9 Å². The van der Waals surface area contributed by atoms with E-state index in [0.717, 1.165) is 0 Å². The molecule has 0 aromatic carbocycles. The lowest BCUT2D eigenvalue weighted by Gasteiger charge is -2.28. The second kappa shape index (κ2) is 9.20. The SMILES string of the molecule is C=C(C)CC(CC(=C)C)(C(=O)N[C@H](C(=O)OCC)C(C)C)[N+](=O)[O-]. The Morgan fingerprint density at radius 1 is 1.21 bits per heavy atom.